The lowest BCUT2D eigenvalue weighted by atomic mass is 9.53. The fourth-order valence-corrected chi connectivity index (χ4v) is 16.4. The van der Waals surface area contributed by atoms with Crippen LogP contribution in [0.5, 0.6) is 0 Å². The first-order valence-corrected chi connectivity index (χ1v) is 25.8. The molecule has 0 aliphatic heterocycles. The predicted octanol–water partition coefficient (Wildman–Crippen LogP) is 16.5. The monoisotopic (exact) mass is 853 g/mol. The summed E-state index contributed by atoms with van der Waals surface area (Å²) in [5, 5.41) is 0. The van der Waals surface area contributed by atoms with Crippen LogP contribution in [-0.2, 0) is 10.8 Å². The predicted molar refractivity (Wildman–Crippen MR) is 269 cm³/mol. The molecule has 6 aromatic rings. The van der Waals surface area contributed by atoms with Gasteiger partial charge in [0.25, 0.3) is 0 Å². The number of aromatic nitrogens is 2. The van der Waals surface area contributed by atoms with Crippen LogP contribution in [0.2, 0.25) is 0 Å². The first-order chi connectivity index (χ1) is 31.4. The topological polar surface area (TPSA) is 25.8 Å². The molecule has 0 amide bonds. The van der Waals surface area contributed by atoms with Crippen LogP contribution in [0.3, 0.4) is 0 Å². The van der Waals surface area contributed by atoms with Crippen molar-refractivity contribution in [2.45, 2.75) is 147 Å². The summed E-state index contributed by atoms with van der Waals surface area (Å²) < 4.78 is 0. The van der Waals surface area contributed by atoms with Crippen LogP contribution >= 0.6 is 0 Å². The van der Waals surface area contributed by atoms with Gasteiger partial charge >= 0.3 is 0 Å². The van der Waals surface area contributed by atoms with E-state index in [0.29, 0.717) is 29.6 Å². The zero-order valence-corrected chi connectivity index (χ0v) is 40.0. The van der Waals surface area contributed by atoms with Crippen LogP contribution < -0.4 is 0 Å². The number of benzene rings is 4. The Balaban J connectivity index is 0.750. The third kappa shape index (κ3) is 6.31. The van der Waals surface area contributed by atoms with Crippen molar-refractivity contribution in [1.29, 1.82) is 0 Å². The molecule has 4 saturated carbocycles. The van der Waals surface area contributed by atoms with Gasteiger partial charge < -0.3 is 0 Å². The fourth-order valence-electron chi connectivity index (χ4n) is 16.4. The zero-order chi connectivity index (χ0) is 44.1. The molecule has 9 aliphatic rings. The molecule has 6 unspecified atom stereocenters. The Morgan fingerprint density at radius 2 is 1.02 bits per heavy atom. The van der Waals surface area contributed by atoms with Crippen molar-refractivity contribution in [2.24, 2.45) is 35.5 Å². The summed E-state index contributed by atoms with van der Waals surface area (Å²) in [7, 11) is 0. The minimum Gasteiger partial charge on any atom is -0.256 e. The highest BCUT2D eigenvalue weighted by molar-refractivity contribution is 5.74. The summed E-state index contributed by atoms with van der Waals surface area (Å²) in [6, 6.07) is 38.8. The summed E-state index contributed by atoms with van der Waals surface area (Å²) in [4.78, 5) is 10.2. The molecule has 0 N–H and O–H groups in total. The van der Waals surface area contributed by atoms with Crippen molar-refractivity contribution in [2.75, 3.05) is 0 Å². The molecule has 15 rings (SSSR count). The molecule has 8 bridgehead atoms. The Morgan fingerprint density at radius 3 is 1.71 bits per heavy atom. The second-order valence-corrected chi connectivity index (χ2v) is 24.1. The molecular formula is C63H68N2. The quantitative estimate of drug-likeness (QED) is 0.173. The fraction of sp³-hybridized carbons (Fsp3) is 0.460. The van der Waals surface area contributed by atoms with Crippen LogP contribution in [0.1, 0.15) is 173 Å². The molecule has 6 atom stereocenters. The van der Waals surface area contributed by atoms with Gasteiger partial charge in [-0.25, -0.2) is 0 Å². The van der Waals surface area contributed by atoms with Gasteiger partial charge in [-0.3, -0.25) is 9.97 Å². The number of aryl methyl sites for hydroxylation is 1. The van der Waals surface area contributed by atoms with Crippen LogP contribution in [0.15, 0.2) is 109 Å². The van der Waals surface area contributed by atoms with Crippen molar-refractivity contribution in [1.82, 2.24) is 9.97 Å². The van der Waals surface area contributed by atoms with E-state index >= 15 is 0 Å². The number of hydrogen-bond acceptors (Lipinski definition) is 2. The normalized spacial score (nSPS) is 31.8. The summed E-state index contributed by atoms with van der Waals surface area (Å²) >= 11 is 0. The maximum Gasteiger partial charge on any atom is 0.0708 e. The minimum atomic E-state index is 0.109. The largest absolute Gasteiger partial charge is 0.256 e. The number of nitrogens with zero attached hydrogens (tertiary/aromatic N) is 2. The van der Waals surface area contributed by atoms with Gasteiger partial charge in [-0.2, -0.15) is 0 Å². The Morgan fingerprint density at radius 1 is 0.462 bits per heavy atom. The summed E-state index contributed by atoms with van der Waals surface area (Å²) in [6.45, 7) is 17.0. The zero-order valence-electron chi connectivity index (χ0n) is 40.0. The Hall–Kier alpha value is -4.82. The van der Waals surface area contributed by atoms with Crippen LogP contribution in [-0.4, -0.2) is 9.97 Å². The molecule has 2 heteroatoms. The van der Waals surface area contributed by atoms with Crippen LogP contribution in [0, 0.1) is 42.4 Å². The third-order valence-electron chi connectivity index (χ3n) is 20.2. The van der Waals surface area contributed by atoms with Crippen molar-refractivity contribution < 1.29 is 0 Å². The second-order valence-electron chi connectivity index (χ2n) is 24.1. The lowest BCUT2D eigenvalue weighted by molar-refractivity contribution is 0.128. The van der Waals surface area contributed by atoms with E-state index < -0.39 is 0 Å². The summed E-state index contributed by atoms with van der Waals surface area (Å²) in [5.74, 6) is 8.03. The number of hydrogen-bond donors (Lipinski definition) is 0. The maximum absolute atomic E-state index is 5.22. The van der Waals surface area contributed by atoms with E-state index in [1.165, 1.54) is 108 Å². The highest BCUT2D eigenvalue weighted by atomic mass is 14.7. The Bertz CT molecular complexity index is 2870. The van der Waals surface area contributed by atoms with Gasteiger partial charge in [-0.05, 0) is 232 Å². The van der Waals surface area contributed by atoms with Gasteiger partial charge in [0.1, 0.15) is 0 Å². The van der Waals surface area contributed by atoms with Gasteiger partial charge in [0.05, 0.1) is 11.4 Å². The van der Waals surface area contributed by atoms with Crippen molar-refractivity contribution >= 4 is 0 Å². The molecule has 4 aromatic carbocycles. The van der Waals surface area contributed by atoms with Crippen molar-refractivity contribution in [3.63, 3.8) is 0 Å². The molecular weight excluding hydrogens is 785 g/mol. The lowest BCUT2D eigenvalue weighted by Crippen LogP contribution is -2.46. The van der Waals surface area contributed by atoms with Crippen molar-refractivity contribution in [3.8, 4) is 44.8 Å². The van der Waals surface area contributed by atoms with Crippen molar-refractivity contribution in [3.05, 3.63) is 154 Å². The van der Waals surface area contributed by atoms with E-state index in [-0.39, 0.29) is 10.8 Å². The lowest BCUT2D eigenvalue weighted by Gasteiger charge is -2.51. The van der Waals surface area contributed by atoms with E-state index in [9.17, 15) is 0 Å². The molecule has 9 aliphatic carbocycles. The summed E-state index contributed by atoms with van der Waals surface area (Å²) in [6.07, 6.45) is 16.6. The molecule has 0 spiro atoms. The molecule has 0 saturated heterocycles. The SMILES string of the molecule is Cc1cc(-c2ccc3c(c2)C2CC4CC3CC(C2)C4c2cccc(-c3ccnc(-c4ccc5c(c4)C(C)(C)C(C)C(C)C5(C)C)c3)c2)ncc1-c1ccc2c(c1)C1CC3CC(CC2C3)C1. The molecule has 2 aromatic heterocycles. The van der Waals surface area contributed by atoms with Gasteiger partial charge in [0.2, 0.25) is 0 Å². The molecule has 65 heavy (non-hydrogen) atoms. The van der Waals surface area contributed by atoms with Gasteiger partial charge in [0, 0.05) is 29.1 Å². The summed E-state index contributed by atoms with van der Waals surface area (Å²) in [5.41, 5.74) is 22.7. The number of fused-ring (bicyclic) bond motifs is 1. The molecule has 0 radical (unpaired) electrons. The van der Waals surface area contributed by atoms with Gasteiger partial charge in [-0.1, -0.05) is 108 Å². The van der Waals surface area contributed by atoms with E-state index in [1.54, 1.807) is 27.8 Å². The Labute approximate surface area is 389 Å². The highest BCUT2D eigenvalue weighted by Gasteiger charge is 2.49. The molecule has 2 heterocycles. The van der Waals surface area contributed by atoms with E-state index in [2.05, 4.69) is 152 Å². The highest BCUT2D eigenvalue weighted by Crippen LogP contribution is 2.62. The minimum absolute atomic E-state index is 0.109. The Kier molecular flexibility index (Phi) is 9.08. The molecule has 330 valence electrons. The van der Waals surface area contributed by atoms with Gasteiger partial charge in [-0.15, -0.1) is 0 Å². The molecule has 2 nitrogen and oxygen atoms in total. The van der Waals surface area contributed by atoms with Gasteiger partial charge in [0.15, 0.2) is 0 Å². The smallest absolute Gasteiger partial charge is 0.0708 e. The maximum atomic E-state index is 5.22. The molecule has 4 fully saturated rings. The van der Waals surface area contributed by atoms with E-state index in [1.807, 2.05) is 6.20 Å². The third-order valence-corrected chi connectivity index (χ3v) is 20.2. The number of pyridine rings is 2. The average molecular weight is 853 g/mol. The van der Waals surface area contributed by atoms with Crippen LogP contribution in [0.4, 0.5) is 0 Å². The van der Waals surface area contributed by atoms with E-state index in [0.717, 1.165) is 46.9 Å². The average Bonchev–Trinajstić information content (AvgIpc) is 3.61. The second kappa shape index (κ2) is 14.6. The number of rotatable bonds is 5. The van der Waals surface area contributed by atoms with Crippen LogP contribution in [0.25, 0.3) is 44.8 Å². The van der Waals surface area contributed by atoms with E-state index in [4.69, 9.17) is 9.97 Å². The first-order valence-electron chi connectivity index (χ1n) is 25.8. The standard InChI is InChI=1S/C63H68N2/c1-35-19-59(65-34-56(35)42-11-14-52-46-21-38-20-39(22-46)24-47(23-38)54(52)30-42)43-12-15-53-48-26-50-28-49(55(53)31-43)29-51(27-48)61(50)45-10-8-9-40(25-45)41-17-18-64-60(33-41)44-13-16-57-58(32-44)63(6,7)37(3)36(2)62(57,4)5/h8-19,25,30-34,36-39,46-51,61H,20-24,26-29H2,1-7H3. The first kappa shape index (κ1) is 40.5.